The lowest BCUT2D eigenvalue weighted by atomic mass is 10.1. The van der Waals surface area contributed by atoms with E-state index in [-0.39, 0.29) is 0 Å². The van der Waals surface area contributed by atoms with E-state index < -0.39 is 17.7 Å². The Bertz CT molecular complexity index is 520. The monoisotopic (exact) mass is 266 g/mol. The summed E-state index contributed by atoms with van der Waals surface area (Å²) in [5.41, 5.74) is 6.20. The highest BCUT2D eigenvalue weighted by atomic mass is 32.2. The van der Waals surface area contributed by atoms with Crippen molar-refractivity contribution < 1.29 is 8.78 Å². The van der Waals surface area contributed by atoms with Crippen molar-refractivity contribution in [2.75, 3.05) is 5.75 Å². The van der Waals surface area contributed by atoms with Crippen LogP contribution in [-0.2, 0) is 0 Å². The standard InChI is InChI=1S/C13H12F2N2S/c14-9-4-5-10(11(15)7-9)12(16)8-18-13-3-1-2-6-17-13/h1-7,12H,8,16H2. The van der Waals surface area contributed by atoms with Crippen molar-refractivity contribution in [3.05, 3.63) is 59.8 Å². The molecule has 1 unspecified atom stereocenters. The van der Waals surface area contributed by atoms with Crippen LogP contribution in [0.5, 0.6) is 0 Å². The maximum atomic E-state index is 13.5. The summed E-state index contributed by atoms with van der Waals surface area (Å²) >= 11 is 1.44. The van der Waals surface area contributed by atoms with Crippen molar-refractivity contribution in [1.29, 1.82) is 0 Å². The van der Waals surface area contributed by atoms with Gasteiger partial charge in [0.2, 0.25) is 0 Å². The molecule has 5 heteroatoms. The molecule has 0 spiro atoms. The van der Waals surface area contributed by atoms with Crippen LogP contribution >= 0.6 is 11.8 Å². The van der Waals surface area contributed by atoms with Gasteiger partial charge >= 0.3 is 0 Å². The van der Waals surface area contributed by atoms with Crippen LogP contribution in [0.25, 0.3) is 0 Å². The van der Waals surface area contributed by atoms with E-state index in [0.717, 1.165) is 11.1 Å². The van der Waals surface area contributed by atoms with Crippen molar-refractivity contribution in [2.45, 2.75) is 11.1 Å². The molecule has 0 saturated carbocycles. The van der Waals surface area contributed by atoms with Crippen LogP contribution < -0.4 is 5.73 Å². The van der Waals surface area contributed by atoms with E-state index in [4.69, 9.17) is 5.73 Å². The third kappa shape index (κ3) is 3.27. The molecule has 2 N–H and O–H groups in total. The maximum Gasteiger partial charge on any atom is 0.130 e. The average molecular weight is 266 g/mol. The molecule has 18 heavy (non-hydrogen) atoms. The molecule has 0 fully saturated rings. The average Bonchev–Trinajstić information content (AvgIpc) is 2.37. The predicted molar refractivity (Wildman–Crippen MR) is 68.2 cm³/mol. The Hall–Kier alpha value is -1.46. The van der Waals surface area contributed by atoms with E-state index in [2.05, 4.69) is 4.98 Å². The summed E-state index contributed by atoms with van der Waals surface area (Å²) < 4.78 is 26.2. The Morgan fingerprint density at radius 2 is 2.06 bits per heavy atom. The summed E-state index contributed by atoms with van der Waals surface area (Å²) in [5, 5.41) is 0.829. The molecular formula is C13H12F2N2S. The SMILES string of the molecule is NC(CSc1ccccn1)c1ccc(F)cc1F. The molecular weight excluding hydrogens is 254 g/mol. The third-order valence-electron chi connectivity index (χ3n) is 2.41. The molecule has 1 aromatic carbocycles. The fraction of sp³-hybridized carbons (Fsp3) is 0.154. The van der Waals surface area contributed by atoms with Crippen molar-refractivity contribution >= 4 is 11.8 Å². The molecule has 0 radical (unpaired) electrons. The largest absolute Gasteiger partial charge is 0.323 e. The number of pyridine rings is 1. The van der Waals surface area contributed by atoms with E-state index in [1.165, 1.54) is 23.9 Å². The van der Waals surface area contributed by atoms with E-state index in [1.807, 2.05) is 18.2 Å². The molecule has 0 aliphatic carbocycles. The predicted octanol–water partition coefficient (Wildman–Crippen LogP) is 3.15. The lowest BCUT2D eigenvalue weighted by Crippen LogP contribution is -2.15. The molecule has 1 aromatic heterocycles. The third-order valence-corrected chi connectivity index (χ3v) is 3.47. The number of aromatic nitrogens is 1. The molecule has 2 nitrogen and oxygen atoms in total. The van der Waals surface area contributed by atoms with Crippen LogP contribution in [-0.4, -0.2) is 10.7 Å². The number of thioether (sulfide) groups is 1. The molecule has 94 valence electrons. The van der Waals surface area contributed by atoms with Crippen LogP contribution in [0.1, 0.15) is 11.6 Å². The van der Waals surface area contributed by atoms with Gasteiger partial charge in [0.05, 0.1) is 5.03 Å². The van der Waals surface area contributed by atoms with E-state index in [9.17, 15) is 8.78 Å². The van der Waals surface area contributed by atoms with Gasteiger partial charge in [-0.3, -0.25) is 0 Å². The van der Waals surface area contributed by atoms with Gasteiger partial charge in [-0.2, -0.15) is 0 Å². The zero-order chi connectivity index (χ0) is 13.0. The Morgan fingerprint density at radius 1 is 1.22 bits per heavy atom. The minimum atomic E-state index is -0.607. The van der Waals surface area contributed by atoms with Gasteiger partial charge < -0.3 is 5.73 Å². The Balaban J connectivity index is 2.01. The van der Waals surface area contributed by atoms with Gasteiger partial charge in [0.1, 0.15) is 11.6 Å². The maximum absolute atomic E-state index is 13.5. The van der Waals surface area contributed by atoms with Crippen LogP contribution in [0.2, 0.25) is 0 Å². The highest BCUT2D eigenvalue weighted by molar-refractivity contribution is 7.99. The number of hydrogen-bond donors (Lipinski definition) is 1. The van der Waals surface area contributed by atoms with Gasteiger partial charge in [0, 0.05) is 29.6 Å². The number of rotatable bonds is 4. The van der Waals surface area contributed by atoms with Gasteiger partial charge in [-0.25, -0.2) is 13.8 Å². The molecule has 0 aliphatic rings. The topological polar surface area (TPSA) is 38.9 Å². The first-order chi connectivity index (χ1) is 8.66. The molecule has 2 aromatic rings. The normalized spacial score (nSPS) is 12.4. The Kier molecular flexibility index (Phi) is 4.28. The number of nitrogens with zero attached hydrogens (tertiary/aromatic N) is 1. The minimum absolute atomic E-state index is 0.319. The van der Waals surface area contributed by atoms with E-state index >= 15 is 0 Å². The van der Waals surface area contributed by atoms with Crippen molar-refractivity contribution in [2.24, 2.45) is 5.73 Å². The first kappa shape index (κ1) is 13.0. The molecule has 0 aliphatic heterocycles. The van der Waals surface area contributed by atoms with Gasteiger partial charge in [0.25, 0.3) is 0 Å². The highest BCUT2D eigenvalue weighted by Crippen LogP contribution is 2.23. The minimum Gasteiger partial charge on any atom is -0.323 e. The van der Waals surface area contributed by atoms with Crippen LogP contribution in [0.3, 0.4) is 0 Å². The Labute approximate surface area is 108 Å². The van der Waals surface area contributed by atoms with Crippen LogP contribution in [0.15, 0.2) is 47.6 Å². The molecule has 2 rings (SSSR count). The number of hydrogen-bond acceptors (Lipinski definition) is 3. The van der Waals surface area contributed by atoms with Gasteiger partial charge in [-0.1, -0.05) is 12.1 Å². The summed E-state index contributed by atoms with van der Waals surface area (Å²) in [7, 11) is 0. The summed E-state index contributed by atoms with van der Waals surface area (Å²) in [6.45, 7) is 0. The van der Waals surface area contributed by atoms with Gasteiger partial charge in [-0.15, -0.1) is 11.8 Å². The number of benzene rings is 1. The first-order valence-corrected chi connectivity index (χ1v) is 6.40. The lowest BCUT2D eigenvalue weighted by Gasteiger charge is -2.12. The van der Waals surface area contributed by atoms with E-state index in [1.54, 1.807) is 6.20 Å². The zero-order valence-electron chi connectivity index (χ0n) is 9.51. The first-order valence-electron chi connectivity index (χ1n) is 5.41. The van der Waals surface area contributed by atoms with Crippen molar-refractivity contribution in [3.63, 3.8) is 0 Å². The smallest absolute Gasteiger partial charge is 0.130 e. The molecule has 1 atom stereocenters. The second kappa shape index (κ2) is 5.93. The van der Waals surface area contributed by atoms with Crippen molar-refractivity contribution in [1.82, 2.24) is 4.98 Å². The number of halogens is 2. The Morgan fingerprint density at radius 3 is 2.72 bits per heavy atom. The summed E-state index contributed by atoms with van der Waals surface area (Å²) in [6, 6.07) is 8.51. The van der Waals surface area contributed by atoms with Crippen LogP contribution in [0.4, 0.5) is 8.78 Å². The van der Waals surface area contributed by atoms with Gasteiger partial charge in [-0.05, 0) is 18.2 Å². The number of nitrogens with two attached hydrogens (primary N) is 1. The molecule has 0 saturated heterocycles. The molecule has 0 bridgehead atoms. The quantitative estimate of drug-likeness (QED) is 0.864. The van der Waals surface area contributed by atoms with Crippen molar-refractivity contribution in [3.8, 4) is 0 Å². The molecule has 0 amide bonds. The fourth-order valence-corrected chi connectivity index (χ4v) is 2.34. The molecule has 1 heterocycles. The van der Waals surface area contributed by atoms with E-state index in [0.29, 0.717) is 11.3 Å². The van der Waals surface area contributed by atoms with Gasteiger partial charge in [0.15, 0.2) is 0 Å². The van der Waals surface area contributed by atoms with Crippen LogP contribution in [0, 0.1) is 11.6 Å². The fourth-order valence-electron chi connectivity index (χ4n) is 1.50. The highest BCUT2D eigenvalue weighted by Gasteiger charge is 2.12. The summed E-state index contributed by atoms with van der Waals surface area (Å²) in [6.07, 6.45) is 1.69. The summed E-state index contributed by atoms with van der Waals surface area (Å²) in [5.74, 6) is -0.718. The second-order valence-corrected chi connectivity index (χ2v) is 4.79. The zero-order valence-corrected chi connectivity index (χ0v) is 10.3. The summed E-state index contributed by atoms with van der Waals surface area (Å²) in [4.78, 5) is 4.13. The lowest BCUT2D eigenvalue weighted by molar-refractivity contribution is 0.563. The second-order valence-electron chi connectivity index (χ2n) is 3.75.